The summed E-state index contributed by atoms with van der Waals surface area (Å²) in [6.07, 6.45) is 2.86. The normalized spacial score (nSPS) is 13.7. The Morgan fingerprint density at radius 2 is 1.53 bits per heavy atom. The molecule has 1 atom stereocenters. The van der Waals surface area contributed by atoms with Gasteiger partial charge in [0.1, 0.15) is 6.04 Å². The maximum Gasteiger partial charge on any atom is 0.242 e. The highest BCUT2D eigenvalue weighted by atomic mass is 35.5. The number of ether oxygens (including phenoxy) is 2. The first-order valence-electron chi connectivity index (χ1n) is 14.2. The number of aryl methyl sites for hydroxylation is 1. The van der Waals surface area contributed by atoms with Crippen LogP contribution in [0, 0.1) is 0 Å². The van der Waals surface area contributed by atoms with Crippen molar-refractivity contribution in [1.29, 1.82) is 0 Å². The van der Waals surface area contributed by atoms with Crippen molar-refractivity contribution in [3.8, 4) is 11.5 Å². The van der Waals surface area contributed by atoms with Crippen LogP contribution < -0.4 is 19.5 Å². The van der Waals surface area contributed by atoms with Crippen LogP contribution in [0.4, 0.5) is 0 Å². The third-order valence-corrected chi connectivity index (χ3v) is 9.14. The molecular formula is C32H38ClN3O6S. The van der Waals surface area contributed by atoms with E-state index in [1.165, 1.54) is 0 Å². The number of hydrogen-bond donors (Lipinski definition) is 2. The first-order chi connectivity index (χ1) is 20.6. The van der Waals surface area contributed by atoms with Gasteiger partial charge in [-0.05, 0) is 85.7 Å². The van der Waals surface area contributed by atoms with Crippen LogP contribution in [-0.4, -0.2) is 58.0 Å². The van der Waals surface area contributed by atoms with Crippen molar-refractivity contribution < 1.29 is 27.5 Å². The molecule has 2 amide bonds. The van der Waals surface area contributed by atoms with Gasteiger partial charge >= 0.3 is 0 Å². The number of halogens is 1. The summed E-state index contributed by atoms with van der Waals surface area (Å²) in [6.45, 7) is 2.34. The van der Waals surface area contributed by atoms with Gasteiger partial charge in [-0.15, -0.1) is 0 Å². The summed E-state index contributed by atoms with van der Waals surface area (Å²) in [4.78, 5) is 28.5. The van der Waals surface area contributed by atoms with Gasteiger partial charge < -0.3 is 19.7 Å². The minimum absolute atomic E-state index is 0.0269. The van der Waals surface area contributed by atoms with Crippen LogP contribution in [0.2, 0.25) is 5.02 Å². The van der Waals surface area contributed by atoms with E-state index in [9.17, 15) is 18.0 Å². The summed E-state index contributed by atoms with van der Waals surface area (Å²) in [6, 6.07) is 18.6. The maximum absolute atomic E-state index is 13.5. The number of benzene rings is 3. The van der Waals surface area contributed by atoms with E-state index >= 15 is 0 Å². The molecule has 0 heterocycles. The van der Waals surface area contributed by atoms with Crippen molar-refractivity contribution in [3.63, 3.8) is 0 Å². The Bertz CT molecular complexity index is 1510. The highest BCUT2D eigenvalue weighted by Crippen LogP contribution is 2.27. The molecule has 0 saturated heterocycles. The van der Waals surface area contributed by atoms with Crippen molar-refractivity contribution in [3.05, 3.63) is 88.4 Å². The molecule has 1 aliphatic carbocycles. The molecule has 1 fully saturated rings. The third-order valence-electron chi connectivity index (χ3n) is 7.35. The van der Waals surface area contributed by atoms with E-state index in [1.807, 2.05) is 30.3 Å². The van der Waals surface area contributed by atoms with Gasteiger partial charge in [0, 0.05) is 30.6 Å². The fourth-order valence-corrected chi connectivity index (χ4v) is 6.03. The molecule has 4 rings (SSSR count). The largest absolute Gasteiger partial charge is 0.493 e. The van der Waals surface area contributed by atoms with Gasteiger partial charge in [-0.1, -0.05) is 41.9 Å². The standard InChI is InChI=1S/C32H38ClN3O6S/c1-22(32(38)34-19-18-24-8-16-29(41-2)30(20-24)42-3)36(21-25-4-10-26(33)11-5-25)31(37)17-9-23-6-14-28(15-7-23)43(39,40)35-27-12-13-27/h4-8,10-11,14-16,20,22,27,35H,9,12-13,17-19,21H2,1-3H3,(H,34,38)/t22-/m0/s1. The van der Waals surface area contributed by atoms with E-state index in [0.717, 1.165) is 29.5 Å². The molecule has 0 bridgehead atoms. The first-order valence-corrected chi connectivity index (χ1v) is 16.1. The zero-order valence-electron chi connectivity index (χ0n) is 24.6. The lowest BCUT2D eigenvalue weighted by Gasteiger charge is -2.29. The number of nitrogens with zero attached hydrogens (tertiary/aromatic N) is 1. The minimum atomic E-state index is -3.54. The quantitative estimate of drug-likeness (QED) is 0.256. The van der Waals surface area contributed by atoms with Crippen molar-refractivity contribution in [2.45, 2.75) is 62.6 Å². The summed E-state index contributed by atoms with van der Waals surface area (Å²) in [5, 5.41) is 3.53. The Labute approximate surface area is 258 Å². The van der Waals surface area contributed by atoms with Gasteiger partial charge in [0.05, 0.1) is 19.1 Å². The Morgan fingerprint density at radius 3 is 2.16 bits per heavy atom. The van der Waals surface area contributed by atoms with Gasteiger partial charge in [-0.2, -0.15) is 0 Å². The van der Waals surface area contributed by atoms with Crippen molar-refractivity contribution >= 4 is 33.4 Å². The van der Waals surface area contributed by atoms with Crippen molar-refractivity contribution in [2.75, 3.05) is 20.8 Å². The molecule has 1 aliphatic rings. The van der Waals surface area contributed by atoms with Crippen molar-refractivity contribution in [2.24, 2.45) is 0 Å². The van der Waals surface area contributed by atoms with Gasteiger partial charge in [0.2, 0.25) is 21.8 Å². The number of amides is 2. The molecule has 2 N–H and O–H groups in total. The third kappa shape index (κ3) is 9.19. The Balaban J connectivity index is 1.38. The van der Waals surface area contributed by atoms with Crippen LogP contribution in [0.25, 0.3) is 0 Å². The van der Waals surface area contributed by atoms with Crippen LogP contribution in [0.1, 0.15) is 42.9 Å². The van der Waals surface area contributed by atoms with Gasteiger partial charge in [0.25, 0.3) is 0 Å². The summed E-state index contributed by atoms with van der Waals surface area (Å²) in [7, 11) is -0.390. The fourth-order valence-electron chi connectivity index (χ4n) is 4.60. The molecule has 0 radical (unpaired) electrons. The maximum atomic E-state index is 13.5. The molecule has 0 unspecified atom stereocenters. The van der Waals surface area contributed by atoms with Crippen LogP contribution in [-0.2, 0) is 39.0 Å². The summed E-state index contributed by atoms with van der Waals surface area (Å²) >= 11 is 6.05. The molecule has 43 heavy (non-hydrogen) atoms. The minimum Gasteiger partial charge on any atom is -0.493 e. The Morgan fingerprint density at radius 1 is 0.907 bits per heavy atom. The lowest BCUT2D eigenvalue weighted by molar-refractivity contribution is -0.140. The number of carbonyl (C=O) groups excluding carboxylic acids is 2. The number of hydrogen-bond acceptors (Lipinski definition) is 6. The average Bonchev–Trinajstić information content (AvgIpc) is 3.82. The molecule has 0 spiro atoms. The fraction of sp³-hybridized carbons (Fsp3) is 0.375. The van der Waals surface area contributed by atoms with Crippen LogP contribution in [0.5, 0.6) is 11.5 Å². The number of sulfonamides is 1. The van der Waals surface area contributed by atoms with Gasteiger partial charge in [-0.3, -0.25) is 9.59 Å². The van der Waals surface area contributed by atoms with Crippen LogP contribution >= 0.6 is 11.6 Å². The van der Waals surface area contributed by atoms with E-state index in [1.54, 1.807) is 62.4 Å². The van der Waals surface area contributed by atoms with E-state index < -0.39 is 16.1 Å². The van der Waals surface area contributed by atoms with E-state index in [0.29, 0.717) is 35.9 Å². The lowest BCUT2D eigenvalue weighted by atomic mass is 10.1. The lowest BCUT2D eigenvalue weighted by Crippen LogP contribution is -2.48. The molecule has 1 saturated carbocycles. The molecule has 230 valence electrons. The molecular weight excluding hydrogens is 590 g/mol. The average molecular weight is 628 g/mol. The zero-order chi connectivity index (χ0) is 31.0. The molecule has 0 aromatic heterocycles. The predicted molar refractivity (Wildman–Crippen MR) is 166 cm³/mol. The van der Waals surface area contributed by atoms with Gasteiger partial charge in [0.15, 0.2) is 11.5 Å². The first kappa shape index (κ1) is 32.3. The molecule has 11 heteroatoms. The molecule has 3 aromatic carbocycles. The second-order valence-electron chi connectivity index (χ2n) is 10.6. The highest BCUT2D eigenvalue weighted by molar-refractivity contribution is 7.89. The van der Waals surface area contributed by atoms with Gasteiger partial charge in [-0.25, -0.2) is 13.1 Å². The van der Waals surface area contributed by atoms with Crippen molar-refractivity contribution in [1.82, 2.24) is 14.9 Å². The Kier molecular flexibility index (Phi) is 11.1. The summed E-state index contributed by atoms with van der Waals surface area (Å²) < 4.78 is 38.2. The smallest absolute Gasteiger partial charge is 0.242 e. The van der Waals surface area contributed by atoms with E-state index in [4.69, 9.17) is 21.1 Å². The predicted octanol–water partition coefficient (Wildman–Crippen LogP) is 4.51. The number of carbonyl (C=O) groups is 2. The SMILES string of the molecule is COc1ccc(CCNC(=O)[C@H](C)N(Cc2ccc(Cl)cc2)C(=O)CCc2ccc(S(=O)(=O)NC3CC3)cc2)cc1OC. The molecule has 3 aromatic rings. The molecule has 9 nitrogen and oxygen atoms in total. The topological polar surface area (TPSA) is 114 Å². The summed E-state index contributed by atoms with van der Waals surface area (Å²) in [5.74, 6) is 0.794. The second kappa shape index (κ2) is 14.7. The van der Waals surface area contributed by atoms with E-state index in [-0.39, 0.29) is 35.7 Å². The summed E-state index contributed by atoms with van der Waals surface area (Å²) in [5.41, 5.74) is 2.65. The van der Waals surface area contributed by atoms with E-state index in [2.05, 4.69) is 10.0 Å². The monoisotopic (exact) mass is 627 g/mol. The second-order valence-corrected chi connectivity index (χ2v) is 12.7. The molecule has 0 aliphatic heterocycles. The Hall–Kier alpha value is -3.60. The zero-order valence-corrected chi connectivity index (χ0v) is 26.2. The van der Waals surface area contributed by atoms with Crippen LogP contribution in [0.3, 0.4) is 0 Å². The highest BCUT2D eigenvalue weighted by Gasteiger charge is 2.28. The van der Waals surface area contributed by atoms with Crippen LogP contribution in [0.15, 0.2) is 71.6 Å². The number of rotatable bonds is 15. The number of nitrogens with one attached hydrogen (secondary N) is 2. The number of methoxy groups -OCH3 is 2.